The number of aromatic nitrogens is 6. The number of halogens is 1. The van der Waals surface area contributed by atoms with Gasteiger partial charge in [0.05, 0.1) is 23.3 Å². The molecule has 3 aromatic heterocycles. The third-order valence-electron chi connectivity index (χ3n) is 5.03. The van der Waals surface area contributed by atoms with Gasteiger partial charge in [-0.25, -0.2) is 14.2 Å². The van der Waals surface area contributed by atoms with E-state index in [0.717, 1.165) is 11.3 Å². The molecule has 0 saturated carbocycles. The van der Waals surface area contributed by atoms with Crippen LogP contribution in [0.15, 0.2) is 42.9 Å². The van der Waals surface area contributed by atoms with Gasteiger partial charge in [-0.05, 0) is 24.6 Å². The fourth-order valence-electron chi connectivity index (χ4n) is 3.12. The van der Waals surface area contributed by atoms with Gasteiger partial charge in [0.2, 0.25) is 0 Å². The van der Waals surface area contributed by atoms with Crippen LogP contribution in [-0.2, 0) is 12.5 Å². The van der Waals surface area contributed by atoms with E-state index in [1.165, 1.54) is 12.1 Å². The van der Waals surface area contributed by atoms with E-state index in [-0.39, 0.29) is 17.1 Å². The summed E-state index contributed by atoms with van der Waals surface area (Å²) in [5.41, 5.74) is 2.49. The topological polar surface area (TPSA) is 123 Å². The first-order chi connectivity index (χ1) is 16.1. The number of nitrogens with one attached hydrogen (secondary N) is 3. The maximum Gasteiger partial charge on any atom is 0.324 e. The summed E-state index contributed by atoms with van der Waals surface area (Å²) in [5, 5.41) is 16.3. The van der Waals surface area contributed by atoms with Gasteiger partial charge in [-0.2, -0.15) is 15.2 Å². The highest BCUT2D eigenvalue weighted by Gasteiger charge is 2.20. The highest BCUT2D eigenvalue weighted by molar-refractivity contribution is 5.99. The highest BCUT2D eigenvalue weighted by atomic mass is 19.1. The summed E-state index contributed by atoms with van der Waals surface area (Å²) in [7, 11) is 1.72. The minimum atomic E-state index is -0.615. The summed E-state index contributed by atoms with van der Waals surface area (Å²) in [6.07, 6.45) is 4.88. The lowest BCUT2D eigenvalue weighted by Crippen LogP contribution is -2.21. The number of rotatable bonds is 5. The number of anilines is 2. The number of carbonyl (C=O) groups excluding carboxylic acids is 1. The van der Waals surface area contributed by atoms with Crippen molar-refractivity contribution >= 4 is 17.5 Å². The second-order valence-corrected chi connectivity index (χ2v) is 8.78. The lowest BCUT2D eigenvalue weighted by molar-refractivity contribution is 0.262. The van der Waals surface area contributed by atoms with Crippen molar-refractivity contribution in [3.8, 4) is 23.0 Å². The molecule has 10 nitrogen and oxygen atoms in total. The first-order valence-electron chi connectivity index (χ1n) is 10.5. The van der Waals surface area contributed by atoms with Crippen molar-refractivity contribution < 1.29 is 13.9 Å². The molecule has 0 spiro atoms. The standard InChI is InChI=1S/C23H25FN8O2/c1-13-8-15(24)17(28-21(33)30-20-10-19(23(2,3)4)31-32(20)5)9-18(13)34-22-25-7-6-16(29-22)14-11-26-27-12-14/h6-12H,1-5H3,(H,26,27)(H2,28,30,33). The number of aromatic amines is 1. The van der Waals surface area contributed by atoms with Crippen molar-refractivity contribution in [2.75, 3.05) is 10.6 Å². The van der Waals surface area contributed by atoms with Crippen LogP contribution in [0.5, 0.6) is 11.8 Å². The van der Waals surface area contributed by atoms with Crippen LogP contribution in [0.4, 0.5) is 20.7 Å². The minimum absolute atomic E-state index is 0.0534. The number of amides is 2. The summed E-state index contributed by atoms with van der Waals surface area (Å²) in [6, 6.07) is 5.62. The molecule has 0 aliphatic carbocycles. The van der Waals surface area contributed by atoms with Gasteiger partial charge in [-0.15, -0.1) is 0 Å². The average Bonchev–Trinajstić information content (AvgIpc) is 3.42. The predicted octanol–water partition coefficient (Wildman–Crippen LogP) is 4.78. The van der Waals surface area contributed by atoms with Crippen LogP contribution >= 0.6 is 0 Å². The summed E-state index contributed by atoms with van der Waals surface area (Å²) in [6.45, 7) is 7.76. The largest absolute Gasteiger partial charge is 0.424 e. The zero-order valence-corrected chi connectivity index (χ0v) is 19.5. The van der Waals surface area contributed by atoms with E-state index in [9.17, 15) is 9.18 Å². The third-order valence-corrected chi connectivity index (χ3v) is 5.03. The molecule has 0 unspecified atom stereocenters. The van der Waals surface area contributed by atoms with Gasteiger partial charge >= 0.3 is 12.0 Å². The molecule has 0 atom stereocenters. The van der Waals surface area contributed by atoms with E-state index in [0.29, 0.717) is 22.8 Å². The summed E-state index contributed by atoms with van der Waals surface area (Å²) in [4.78, 5) is 21.0. The molecule has 0 aliphatic rings. The number of aryl methyl sites for hydroxylation is 2. The van der Waals surface area contributed by atoms with Crippen molar-refractivity contribution in [2.45, 2.75) is 33.1 Å². The van der Waals surface area contributed by atoms with E-state index in [1.54, 1.807) is 49.4 Å². The van der Waals surface area contributed by atoms with Gasteiger partial charge < -0.3 is 10.1 Å². The van der Waals surface area contributed by atoms with Crippen molar-refractivity contribution in [2.24, 2.45) is 7.05 Å². The van der Waals surface area contributed by atoms with E-state index in [1.807, 2.05) is 20.8 Å². The molecule has 0 bridgehead atoms. The van der Waals surface area contributed by atoms with Crippen LogP contribution in [0, 0.1) is 12.7 Å². The van der Waals surface area contributed by atoms with Crippen LogP contribution < -0.4 is 15.4 Å². The van der Waals surface area contributed by atoms with Crippen molar-refractivity contribution in [3.05, 3.63) is 59.9 Å². The number of carbonyl (C=O) groups is 1. The lowest BCUT2D eigenvalue weighted by atomic mass is 9.92. The molecule has 4 aromatic rings. The van der Waals surface area contributed by atoms with Gasteiger partial charge in [-0.3, -0.25) is 15.1 Å². The Hall–Kier alpha value is -4.28. The maximum absolute atomic E-state index is 14.6. The minimum Gasteiger partial charge on any atom is -0.424 e. The van der Waals surface area contributed by atoms with Crippen LogP contribution in [0.2, 0.25) is 0 Å². The molecule has 2 amide bonds. The molecule has 1 aromatic carbocycles. The molecular formula is C23H25FN8O2. The number of hydrogen-bond donors (Lipinski definition) is 3. The number of ether oxygens (including phenoxy) is 1. The molecule has 34 heavy (non-hydrogen) atoms. The molecule has 0 aliphatic heterocycles. The molecule has 176 valence electrons. The molecule has 11 heteroatoms. The van der Waals surface area contributed by atoms with Gasteiger partial charge in [-0.1, -0.05) is 20.8 Å². The van der Waals surface area contributed by atoms with Gasteiger partial charge in [0, 0.05) is 42.6 Å². The Morgan fingerprint density at radius 3 is 2.68 bits per heavy atom. The maximum atomic E-state index is 14.6. The molecule has 3 N–H and O–H groups in total. The fraction of sp³-hybridized carbons (Fsp3) is 0.261. The van der Waals surface area contributed by atoms with Crippen molar-refractivity contribution in [3.63, 3.8) is 0 Å². The Kier molecular flexibility index (Phi) is 6.01. The Morgan fingerprint density at radius 1 is 1.21 bits per heavy atom. The highest BCUT2D eigenvalue weighted by Crippen LogP contribution is 2.30. The molecule has 0 radical (unpaired) electrons. The van der Waals surface area contributed by atoms with Gasteiger partial charge in [0.1, 0.15) is 17.4 Å². The second kappa shape index (κ2) is 8.93. The third kappa shape index (κ3) is 5.03. The number of hydrogen-bond acceptors (Lipinski definition) is 6. The first kappa shape index (κ1) is 22.9. The van der Waals surface area contributed by atoms with Crippen LogP contribution in [0.25, 0.3) is 11.3 Å². The van der Waals surface area contributed by atoms with Crippen molar-refractivity contribution in [1.29, 1.82) is 0 Å². The first-order valence-corrected chi connectivity index (χ1v) is 10.5. The Bertz CT molecular complexity index is 1330. The molecule has 4 rings (SSSR count). The van der Waals surface area contributed by atoms with Crippen LogP contribution in [-0.4, -0.2) is 36.0 Å². The zero-order chi connectivity index (χ0) is 24.5. The van der Waals surface area contributed by atoms with Gasteiger partial charge in [0.25, 0.3) is 0 Å². The molecule has 0 saturated heterocycles. The molecule has 0 fully saturated rings. The smallest absolute Gasteiger partial charge is 0.324 e. The zero-order valence-electron chi connectivity index (χ0n) is 19.5. The van der Waals surface area contributed by atoms with Crippen molar-refractivity contribution in [1.82, 2.24) is 29.9 Å². The molecule has 3 heterocycles. The van der Waals surface area contributed by atoms with Gasteiger partial charge in [0.15, 0.2) is 0 Å². The Morgan fingerprint density at radius 2 is 2.00 bits per heavy atom. The molecular weight excluding hydrogens is 439 g/mol. The SMILES string of the molecule is Cc1cc(F)c(NC(=O)Nc2cc(C(C)(C)C)nn2C)cc1Oc1nccc(-c2cn[nH]c2)n1. The lowest BCUT2D eigenvalue weighted by Gasteiger charge is -2.13. The predicted molar refractivity (Wildman–Crippen MR) is 125 cm³/mol. The number of benzene rings is 1. The number of nitrogens with zero attached hydrogens (tertiary/aromatic N) is 5. The van der Waals surface area contributed by atoms with Crippen LogP contribution in [0.1, 0.15) is 32.0 Å². The summed E-state index contributed by atoms with van der Waals surface area (Å²) < 4.78 is 22.0. The normalized spacial score (nSPS) is 11.4. The fourth-order valence-corrected chi connectivity index (χ4v) is 3.12. The second-order valence-electron chi connectivity index (χ2n) is 8.78. The van der Waals surface area contributed by atoms with E-state index >= 15 is 0 Å². The van der Waals surface area contributed by atoms with E-state index in [4.69, 9.17) is 4.74 Å². The Labute approximate surface area is 195 Å². The Balaban J connectivity index is 1.52. The van der Waals surface area contributed by atoms with Crippen LogP contribution in [0.3, 0.4) is 0 Å². The van der Waals surface area contributed by atoms with E-state index < -0.39 is 11.8 Å². The average molecular weight is 465 g/mol. The summed E-state index contributed by atoms with van der Waals surface area (Å²) in [5.74, 6) is 0.181. The monoisotopic (exact) mass is 464 g/mol. The van der Waals surface area contributed by atoms with E-state index in [2.05, 4.69) is 35.9 Å². The number of H-pyrrole nitrogens is 1. The summed E-state index contributed by atoms with van der Waals surface area (Å²) >= 11 is 0. The quantitative estimate of drug-likeness (QED) is 0.391. The number of urea groups is 1.